The van der Waals surface area contributed by atoms with Gasteiger partial charge in [-0.3, -0.25) is 4.79 Å². The SMILES string of the molecule is CC1(C(=O)O)CC(N2CCC[C@H](C3CNC3)C2)C1.Cl.Cl. The molecule has 0 radical (unpaired) electrons. The third kappa shape index (κ3) is 3.24. The molecule has 2 saturated heterocycles. The molecule has 1 aliphatic carbocycles. The van der Waals surface area contributed by atoms with Crippen LogP contribution >= 0.6 is 24.8 Å². The van der Waals surface area contributed by atoms with E-state index >= 15 is 0 Å². The summed E-state index contributed by atoms with van der Waals surface area (Å²) in [5.41, 5.74) is -0.449. The quantitative estimate of drug-likeness (QED) is 0.833. The van der Waals surface area contributed by atoms with Crippen molar-refractivity contribution in [3.05, 3.63) is 0 Å². The molecule has 3 rings (SSSR count). The van der Waals surface area contributed by atoms with Crippen LogP contribution in [-0.2, 0) is 4.79 Å². The van der Waals surface area contributed by atoms with Gasteiger partial charge >= 0.3 is 5.97 Å². The molecular formula is C14H26Cl2N2O2. The molecule has 1 saturated carbocycles. The number of aliphatic carboxylic acids is 1. The number of carboxylic acid groups (broad SMARTS) is 1. The first-order chi connectivity index (χ1) is 8.58. The number of hydrogen-bond donors (Lipinski definition) is 2. The fourth-order valence-electron chi connectivity index (χ4n) is 3.81. The number of nitrogens with one attached hydrogen (secondary N) is 1. The first kappa shape index (κ1) is 18.0. The molecule has 6 heteroatoms. The number of rotatable bonds is 3. The van der Waals surface area contributed by atoms with E-state index in [-0.39, 0.29) is 24.8 Å². The van der Waals surface area contributed by atoms with Gasteiger partial charge in [0.05, 0.1) is 5.41 Å². The van der Waals surface area contributed by atoms with E-state index in [1.54, 1.807) is 0 Å². The van der Waals surface area contributed by atoms with E-state index < -0.39 is 11.4 Å². The first-order valence-corrected chi connectivity index (χ1v) is 7.27. The van der Waals surface area contributed by atoms with Gasteiger partial charge in [-0.2, -0.15) is 0 Å². The minimum Gasteiger partial charge on any atom is -0.481 e. The largest absolute Gasteiger partial charge is 0.481 e. The predicted molar refractivity (Wildman–Crippen MR) is 83.9 cm³/mol. The third-order valence-corrected chi connectivity index (χ3v) is 5.37. The van der Waals surface area contributed by atoms with Crippen molar-refractivity contribution in [3.8, 4) is 0 Å². The zero-order chi connectivity index (χ0) is 12.8. The van der Waals surface area contributed by atoms with Gasteiger partial charge in [0.2, 0.25) is 0 Å². The van der Waals surface area contributed by atoms with Crippen LogP contribution in [0.15, 0.2) is 0 Å². The molecule has 2 aliphatic heterocycles. The Bertz CT molecular complexity index is 344. The molecule has 0 aromatic heterocycles. The molecule has 0 aromatic carbocycles. The maximum atomic E-state index is 11.1. The van der Waals surface area contributed by atoms with Crippen molar-refractivity contribution < 1.29 is 9.90 Å². The summed E-state index contributed by atoms with van der Waals surface area (Å²) in [5.74, 6) is 1.10. The van der Waals surface area contributed by atoms with Crippen LogP contribution < -0.4 is 5.32 Å². The van der Waals surface area contributed by atoms with Gasteiger partial charge in [0.25, 0.3) is 0 Å². The highest BCUT2D eigenvalue weighted by atomic mass is 35.5. The molecule has 0 aromatic rings. The van der Waals surface area contributed by atoms with Crippen LogP contribution in [0.3, 0.4) is 0 Å². The molecule has 20 heavy (non-hydrogen) atoms. The average Bonchev–Trinajstić information content (AvgIpc) is 2.22. The summed E-state index contributed by atoms with van der Waals surface area (Å²) in [7, 11) is 0. The summed E-state index contributed by atoms with van der Waals surface area (Å²) in [6, 6.07) is 0.530. The van der Waals surface area contributed by atoms with Crippen molar-refractivity contribution in [1.82, 2.24) is 10.2 Å². The Balaban J connectivity index is 0.000001000. The van der Waals surface area contributed by atoms with Crippen LogP contribution in [0.1, 0.15) is 32.6 Å². The van der Waals surface area contributed by atoms with Gasteiger partial charge in [0, 0.05) is 12.6 Å². The highest BCUT2D eigenvalue weighted by Crippen LogP contribution is 2.45. The van der Waals surface area contributed by atoms with Crippen LogP contribution in [0.25, 0.3) is 0 Å². The lowest BCUT2D eigenvalue weighted by atomic mass is 9.65. The molecule has 0 amide bonds. The summed E-state index contributed by atoms with van der Waals surface area (Å²) >= 11 is 0. The van der Waals surface area contributed by atoms with Gasteiger partial charge in [0.1, 0.15) is 0 Å². The summed E-state index contributed by atoms with van der Waals surface area (Å²) in [6.07, 6.45) is 4.35. The molecule has 118 valence electrons. The molecular weight excluding hydrogens is 299 g/mol. The van der Waals surface area contributed by atoms with Gasteiger partial charge in [-0.15, -0.1) is 24.8 Å². The predicted octanol–water partition coefficient (Wildman–Crippen LogP) is 2.01. The van der Waals surface area contributed by atoms with E-state index in [1.807, 2.05) is 6.92 Å². The lowest BCUT2D eigenvalue weighted by Gasteiger charge is -2.51. The summed E-state index contributed by atoms with van der Waals surface area (Å²) < 4.78 is 0. The molecule has 1 atom stereocenters. The third-order valence-electron chi connectivity index (χ3n) is 5.37. The second-order valence-corrected chi connectivity index (χ2v) is 6.74. The van der Waals surface area contributed by atoms with Crippen molar-refractivity contribution in [1.29, 1.82) is 0 Å². The number of hydrogen-bond acceptors (Lipinski definition) is 3. The molecule has 0 spiro atoms. The van der Waals surface area contributed by atoms with Gasteiger partial charge in [-0.25, -0.2) is 0 Å². The van der Waals surface area contributed by atoms with E-state index in [0.717, 1.165) is 24.7 Å². The second-order valence-electron chi connectivity index (χ2n) is 6.74. The van der Waals surface area contributed by atoms with Crippen molar-refractivity contribution in [2.75, 3.05) is 26.2 Å². The lowest BCUT2D eigenvalue weighted by molar-refractivity contribution is -0.158. The summed E-state index contributed by atoms with van der Waals surface area (Å²) in [6.45, 7) is 6.65. The Kier molecular flexibility index (Phi) is 6.14. The van der Waals surface area contributed by atoms with E-state index in [4.69, 9.17) is 5.11 Å². The number of halogens is 2. The maximum absolute atomic E-state index is 11.1. The van der Waals surface area contributed by atoms with E-state index in [0.29, 0.717) is 6.04 Å². The molecule has 2 N–H and O–H groups in total. The van der Waals surface area contributed by atoms with Crippen molar-refractivity contribution in [2.45, 2.75) is 38.6 Å². The van der Waals surface area contributed by atoms with E-state index in [9.17, 15) is 4.79 Å². The van der Waals surface area contributed by atoms with E-state index in [2.05, 4.69) is 10.2 Å². The fraction of sp³-hybridized carbons (Fsp3) is 0.929. The normalized spacial score (nSPS) is 37.9. The summed E-state index contributed by atoms with van der Waals surface area (Å²) in [4.78, 5) is 13.7. The number of likely N-dealkylation sites (tertiary alicyclic amines) is 1. The Morgan fingerprint density at radius 2 is 1.90 bits per heavy atom. The van der Waals surface area contributed by atoms with Gasteiger partial charge in [0.15, 0.2) is 0 Å². The topological polar surface area (TPSA) is 52.6 Å². The van der Waals surface area contributed by atoms with Gasteiger partial charge in [-0.05, 0) is 64.1 Å². The zero-order valence-electron chi connectivity index (χ0n) is 12.0. The zero-order valence-corrected chi connectivity index (χ0v) is 13.6. The first-order valence-electron chi connectivity index (χ1n) is 7.27. The van der Waals surface area contributed by atoms with Crippen molar-refractivity contribution in [2.24, 2.45) is 17.3 Å². The smallest absolute Gasteiger partial charge is 0.309 e. The number of piperidine rings is 1. The van der Waals surface area contributed by atoms with Crippen LogP contribution in [0.4, 0.5) is 0 Å². The molecule has 3 aliphatic rings. The van der Waals surface area contributed by atoms with Crippen LogP contribution in [0.5, 0.6) is 0 Å². The highest BCUT2D eigenvalue weighted by molar-refractivity contribution is 5.85. The Morgan fingerprint density at radius 1 is 1.25 bits per heavy atom. The molecule has 3 fully saturated rings. The highest BCUT2D eigenvalue weighted by Gasteiger charge is 2.49. The van der Waals surface area contributed by atoms with Crippen molar-refractivity contribution >= 4 is 30.8 Å². The molecule has 2 heterocycles. The number of carbonyl (C=O) groups is 1. The second kappa shape index (κ2) is 6.82. The maximum Gasteiger partial charge on any atom is 0.309 e. The number of nitrogens with zero attached hydrogens (tertiary/aromatic N) is 1. The van der Waals surface area contributed by atoms with Gasteiger partial charge in [-0.1, -0.05) is 0 Å². The van der Waals surface area contributed by atoms with Crippen LogP contribution in [0, 0.1) is 17.3 Å². The minimum atomic E-state index is -0.615. The monoisotopic (exact) mass is 324 g/mol. The van der Waals surface area contributed by atoms with Gasteiger partial charge < -0.3 is 15.3 Å². The molecule has 0 bridgehead atoms. The lowest BCUT2D eigenvalue weighted by Crippen LogP contribution is -2.57. The average molecular weight is 325 g/mol. The van der Waals surface area contributed by atoms with Crippen molar-refractivity contribution in [3.63, 3.8) is 0 Å². The Labute approximate surface area is 133 Å². The minimum absolute atomic E-state index is 0. The van der Waals surface area contributed by atoms with Crippen LogP contribution in [-0.4, -0.2) is 48.2 Å². The number of carboxylic acids is 1. The Hall–Kier alpha value is -0.0300. The van der Waals surface area contributed by atoms with Crippen LogP contribution in [0.2, 0.25) is 0 Å². The molecule has 4 nitrogen and oxygen atoms in total. The standard InChI is InChI=1S/C14H24N2O2.2ClH/c1-14(13(17)18)5-12(6-14)16-4-2-3-10(9-16)11-7-15-8-11;;/h10-12,15H,2-9H2,1H3,(H,17,18);2*1H/t10-,12?,14?;;/m0../s1. The van der Waals surface area contributed by atoms with E-state index in [1.165, 1.54) is 39.0 Å². The molecule has 0 unspecified atom stereocenters. The summed E-state index contributed by atoms with van der Waals surface area (Å²) in [5, 5.41) is 12.5. The Morgan fingerprint density at radius 3 is 2.40 bits per heavy atom. The fourth-order valence-corrected chi connectivity index (χ4v) is 3.81.